The molecule has 0 bridgehead atoms. The highest BCUT2D eigenvalue weighted by Crippen LogP contribution is 2.34. The van der Waals surface area contributed by atoms with Gasteiger partial charge in [0.15, 0.2) is 5.82 Å². The number of fused-ring (bicyclic) bond motifs is 1. The Kier molecular flexibility index (Phi) is 3.77. The summed E-state index contributed by atoms with van der Waals surface area (Å²) >= 11 is 0. The molecular formula is C21H21N5. The molecule has 0 saturated carbocycles. The molecule has 0 unspecified atom stereocenters. The number of pyridine rings is 1. The van der Waals surface area contributed by atoms with E-state index in [0.29, 0.717) is 12.0 Å². The number of rotatable bonds is 3. The Hall–Kier alpha value is -2.95. The second-order valence-electron chi connectivity index (χ2n) is 6.92. The van der Waals surface area contributed by atoms with Crippen LogP contribution in [0.2, 0.25) is 0 Å². The molecule has 130 valence electrons. The van der Waals surface area contributed by atoms with Crippen molar-refractivity contribution in [2.45, 2.75) is 38.1 Å². The van der Waals surface area contributed by atoms with E-state index >= 15 is 0 Å². The average molecular weight is 343 g/mol. The molecule has 0 saturated heterocycles. The zero-order valence-corrected chi connectivity index (χ0v) is 14.6. The van der Waals surface area contributed by atoms with Crippen LogP contribution in [0.5, 0.6) is 0 Å². The first kappa shape index (κ1) is 15.3. The van der Waals surface area contributed by atoms with Crippen molar-refractivity contribution in [1.82, 2.24) is 19.5 Å². The molecule has 0 aromatic carbocycles. The largest absolute Gasteiger partial charge is 0.361 e. The van der Waals surface area contributed by atoms with Gasteiger partial charge in [0.25, 0.3) is 0 Å². The summed E-state index contributed by atoms with van der Waals surface area (Å²) in [5.41, 5.74) is 4.75. The summed E-state index contributed by atoms with van der Waals surface area (Å²) in [6, 6.07) is 8.18. The van der Waals surface area contributed by atoms with Gasteiger partial charge in [-0.05, 0) is 61.9 Å². The third-order valence-electron chi connectivity index (χ3n) is 5.25. The van der Waals surface area contributed by atoms with Gasteiger partial charge < -0.3 is 5.32 Å². The van der Waals surface area contributed by atoms with Gasteiger partial charge >= 0.3 is 0 Å². The van der Waals surface area contributed by atoms with Crippen LogP contribution in [0.1, 0.15) is 32.1 Å². The SMILES string of the molecule is C1=CC2=C(CC1)CCC[C@@H]2Nc1nc(-n2cccc2)nc2cccnc12. The topological polar surface area (TPSA) is 55.6 Å². The molecule has 3 aromatic rings. The number of allylic oxidation sites excluding steroid dienone is 2. The lowest BCUT2D eigenvalue weighted by atomic mass is 9.82. The predicted octanol–water partition coefficient (Wildman–Crippen LogP) is 4.43. The normalized spacial score (nSPS) is 19.6. The molecule has 1 N–H and O–H groups in total. The molecule has 0 aliphatic heterocycles. The van der Waals surface area contributed by atoms with Gasteiger partial charge in [-0.2, -0.15) is 4.98 Å². The minimum atomic E-state index is 0.299. The Bertz CT molecular complexity index is 1000. The first-order valence-corrected chi connectivity index (χ1v) is 9.29. The Morgan fingerprint density at radius 1 is 1.08 bits per heavy atom. The number of nitrogens with zero attached hydrogens (tertiary/aromatic N) is 4. The van der Waals surface area contributed by atoms with E-state index in [1.54, 1.807) is 11.8 Å². The maximum atomic E-state index is 4.81. The molecule has 2 aliphatic rings. The third kappa shape index (κ3) is 2.69. The third-order valence-corrected chi connectivity index (χ3v) is 5.25. The van der Waals surface area contributed by atoms with Gasteiger partial charge in [0, 0.05) is 18.6 Å². The summed E-state index contributed by atoms with van der Waals surface area (Å²) in [7, 11) is 0. The van der Waals surface area contributed by atoms with Crippen LogP contribution in [0, 0.1) is 0 Å². The summed E-state index contributed by atoms with van der Waals surface area (Å²) in [6.07, 6.45) is 16.3. The summed E-state index contributed by atoms with van der Waals surface area (Å²) in [6.45, 7) is 0. The second-order valence-corrected chi connectivity index (χ2v) is 6.92. The van der Waals surface area contributed by atoms with Crippen molar-refractivity contribution in [2.24, 2.45) is 0 Å². The lowest BCUT2D eigenvalue weighted by Crippen LogP contribution is -2.27. The molecule has 26 heavy (non-hydrogen) atoms. The van der Waals surface area contributed by atoms with Crippen LogP contribution in [0.4, 0.5) is 5.82 Å². The van der Waals surface area contributed by atoms with Crippen molar-refractivity contribution in [2.75, 3.05) is 5.32 Å². The standard InChI is InChI=1S/C21H21N5/c1-2-9-16-15(7-1)8-5-10-17(16)23-20-19-18(11-6-12-22-19)24-21(25-20)26-13-3-4-14-26/h2-4,6,9,11-14,17H,1,5,7-8,10H2,(H,23,24,25)/t17-/m0/s1. The predicted molar refractivity (Wildman–Crippen MR) is 103 cm³/mol. The Labute approximate surface area is 152 Å². The van der Waals surface area contributed by atoms with Crippen LogP contribution in [0.3, 0.4) is 0 Å². The van der Waals surface area contributed by atoms with Crippen molar-refractivity contribution < 1.29 is 0 Å². The first-order valence-electron chi connectivity index (χ1n) is 9.29. The lowest BCUT2D eigenvalue weighted by Gasteiger charge is -2.30. The van der Waals surface area contributed by atoms with Gasteiger partial charge in [0.05, 0.1) is 11.6 Å². The minimum absolute atomic E-state index is 0.299. The molecule has 3 heterocycles. The van der Waals surface area contributed by atoms with E-state index in [-0.39, 0.29) is 0 Å². The van der Waals surface area contributed by atoms with Crippen LogP contribution >= 0.6 is 0 Å². The summed E-state index contributed by atoms with van der Waals surface area (Å²) in [5, 5.41) is 3.69. The van der Waals surface area contributed by atoms with Crippen LogP contribution in [0.25, 0.3) is 17.0 Å². The van der Waals surface area contributed by atoms with E-state index in [2.05, 4.69) is 27.4 Å². The van der Waals surface area contributed by atoms with Crippen molar-refractivity contribution in [1.29, 1.82) is 0 Å². The molecule has 5 nitrogen and oxygen atoms in total. The maximum absolute atomic E-state index is 4.81. The van der Waals surface area contributed by atoms with E-state index < -0.39 is 0 Å². The van der Waals surface area contributed by atoms with Crippen LogP contribution < -0.4 is 5.32 Å². The average Bonchev–Trinajstić information content (AvgIpc) is 3.23. The highest BCUT2D eigenvalue weighted by molar-refractivity contribution is 5.85. The number of hydrogen-bond donors (Lipinski definition) is 1. The fraction of sp³-hybridized carbons (Fsp3) is 0.286. The summed E-state index contributed by atoms with van der Waals surface area (Å²) in [5.74, 6) is 1.49. The zero-order valence-electron chi connectivity index (χ0n) is 14.6. The zero-order chi connectivity index (χ0) is 17.3. The molecule has 1 atom stereocenters. The number of aromatic nitrogens is 4. The van der Waals surface area contributed by atoms with E-state index in [0.717, 1.165) is 23.3 Å². The minimum Gasteiger partial charge on any atom is -0.361 e. The van der Waals surface area contributed by atoms with Gasteiger partial charge in [-0.3, -0.25) is 9.55 Å². The van der Waals surface area contributed by atoms with Gasteiger partial charge in [-0.15, -0.1) is 0 Å². The summed E-state index contributed by atoms with van der Waals surface area (Å²) in [4.78, 5) is 14.0. The van der Waals surface area contributed by atoms with Crippen molar-refractivity contribution in [3.05, 3.63) is 66.2 Å². The molecule has 5 heteroatoms. The lowest BCUT2D eigenvalue weighted by molar-refractivity contribution is 0.606. The molecule has 0 amide bonds. The second kappa shape index (κ2) is 6.41. The number of hydrogen-bond acceptors (Lipinski definition) is 4. The van der Waals surface area contributed by atoms with Crippen molar-refractivity contribution in [3.63, 3.8) is 0 Å². The molecular weight excluding hydrogens is 322 g/mol. The Morgan fingerprint density at radius 2 is 2.00 bits per heavy atom. The maximum Gasteiger partial charge on any atom is 0.236 e. The van der Waals surface area contributed by atoms with Crippen LogP contribution in [0.15, 0.2) is 66.2 Å². The quantitative estimate of drug-likeness (QED) is 0.764. The molecule has 0 spiro atoms. The van der Waals surface area contributed by atoms with Gasteiger partial charge in [0.2, 0.25) is 5.95 Å². The van der Waals surface area contributed by atoms with E-state index in [9.17, 15) is 0 Å². The molecule has 0 radical (unpaired) electrons. The molecule has 5 rings (SSSR count). The highest BCUT2D eigenvalue weighted by atomic mass is 15.2. The Morgan fingerprint density at radius 3 is 2.92 bits per heavy atom. The molecule has 2 aliphatic carbocycles. The Balaban J connectivity index is 1.59. The molecule has 3 aromatic heterocycles. The van der Waals surface area contributed by atoms with Crippen molar-refractivity contribution >= 4 is 16.9 Å². The highest BCUT2D eigenvalue weighted by Gasteiger charge is 2.24. The first-order chi connectivity index (χ1) is 12.9. The van der Waals surface area contributed by atoms with E-state index in [1.165, 1.54) is 31.3 Å². The van der Waals surface area contributed by atoms with Gasteiger partial charge in [-0.25, -0.2) is 4.98 Å². The smallest absolute Gasteiger partial charge is 0.236 e. The van der Waals surface area contributed by atoms with Crippen molar-refractivity contribution in [3.8, 4) is 5.95 Å². The van der Waals surface area contributed by atoms with Gasteiger partial charge in [-0.1, -0.05) is 17.7 Å². The van der Waals surface area contributed by atoms with Gasteiger partial charge in [0.1, 0.15) is 5.52 Å². The fourth-order valence-corrected chi connectivity index (χ4v) is 3.99. The van der Waals surface area contributed by atoms with Crippen LogP contribution in [-0.2, 0) is 0 Å². The van der Waals surface area contributed by atoms with Crippen LogP contribution in [-0.4, -0.2) is 25.6 Å². The number of nitrogens with one attached hydrogen (secondary N) is 1. The number of anilines is 1. The fourth-order valence-electron chi connectivity index (χ4n) is 3.99. The monoisotopic (exact) mass is 343 g/mol. The molecule has 0 fully saturated rings. The summed E-state index contributed by atoms with van der Waals surface area (Å²) < 4.78 is 1.93. The van der Waals surface area contributed by atoms with E-state index in [4.69, 9.17) is 4.98 Å². The van der Waals surface area contributed by atoms with E-state index in [1.807, 2.05) is 41.2 Å².